The molecule has 0 spiro atoms. The third-order valence-corrected chi connectivity index (χ3v) is 4.76. The molecule has 0 unspecified atom stereocenters. The van der Waals surface area contributed by atoms with E-state index in [-0.39, 0.29) is 5.69 Å². The third-order valence-electron chi connectivity index (χ3n) is 3.14. The van der Waals surface area contributed by atoms with Gasteiger partial charge in [-0.1, -0.05) is 6.07 Å². The summed E-state index contributed by atoms with van der Waals surface area (Å²) in [7, 11) is -3.64. The van der Waals surface area contributed by atoms with Crippen LogP contribution in [0.2, 0.25) is 0 Å². The van der Waals surface area contributed by atoms with Crippen LogP contribution in [0.1, 0.15) is 16.1 Å². The summed E-state index contributed by atoms with van der Waals surface area (Å²) in [4.78, 5) is 25.5. The molecule has 3 aromatic rings. The van der Waals surface area contributed by atoms with Gasteiger partial charge in [-0.15, -0.1) is 11.3 Å². The van der Waals surface area contributed by atoms with Crippen molar-refractivity contribution in [2.45, 2.75) is 6.92 Å². The SMILES string of the molecule is Cc1cncc(-c2ncc(-c3cccc(C(=O)NS(C)(=O)=O)n3)s2)c1. The van der Waals surface area contributed by atoms with Gasteiger partial charge in [-0.25, -0.2) is 23.1 Å². The molecule has 0 saturated heterocycles. The Labute approximate surface area is 148 Å². The van der Waals surface area contributed by atoms with E-state index in [1.165, 1.54) is 17.4 Å². The van der Waals surface area contributed by atoms with Crippen molar-refractivity contribution < 1.29 is 13.2 Å². The molecule has 0 aromatic carbocycles. The minimum Gasteiger partial charge on any atom is -0.266 e. The Morgan fingerprint density at radius 2 is 2.00 bits per heavy atom. The minimum absolute atomic E-state index is 0.0232. The molecule has 0 saturated carbocycles. The lowest BCUT2D eigenvalue weighted by Crippen LogP contribution is -2.30. The molecule has 128 valence electrons. The molecule has 0 aliphatic carbocycles. The summed E-state index contributed by atoms with van der Waals surface area (Å²) in [5.41, 5.74) is 2.51. The van der Waals surface area contributed by atoms with Crippen molar-refractivity contribution in [1.29, 1.82) is 0 Å². The predicted molar refractivity (Wildman–Crippen MR) is 95.6 cm³/mol. The zero-order chi connectivity index (χ0) is 18.0. The van der Waals surface area contributed by atoms with E-state index in [2.05, 4.69) is 15.0 Å². The van der Waals surface area contributed by atoms with Gasteiger partial charge in [-0.05, 0) is 30.7 Å². The fourth-order valence-electron chi connectivity index (χ4n) is 2.12. The van der Waals surface area contributed by atoms with Gasteiger partial charge < -0.3 is 0 Å². The summed E-state index contributed by atoms with van der Waals surface area (Å²) in [5.74, 6) is -0.767. The van der Waals surface area contributed by atoms with Gasteiger partial charge in [-0.2, -0.15) is 0 Å². The predicted octanol–water partition coefficient (Wildman–Crippen LogP) is 2.26. The number of nitrogens with one attached hydrogen (secondary N) is 1. The molecular weight excluding hydrogens is 360 g/mol. The second-order valence-electron chi connectivity index (χ2n) is 5.39. The monoisotopic (exact) mass is 374 g/mol. The molecule has 3 rings (SSSR count). The van der Waals surface area contributed by atoms with Crippen molar-refractivity contribution in [1.82, 2.24) is 19.7 Å². The maximum absolute atomic E-state index is 11.9. The Morgan fingerprint density at radius 1 is 1.20 bits per heavy atom. The Bertz CT molecular complexity index is 1040. The van der Waals surface area contributed by atoms with Crippen LogP contribution < -0.4 is 4.72 Å². The molecule has 9 heteroatoms. The van der Waals surface area contributed by atoms with Gasteiger partial charge in [0.15, 0.2) is 0 Å². The van der Waals surface area contributed by atoms with Crippen molar-refractivity contribution in [3.63, 3.8) is 0 Å². The number of carbonyl (C=O) groups is 1. The Morgan fingerprint density at radius 3 is 2.72 bits per heavy atom. The van der Waals surface area contributed by atoms with Crippen molar-refractivity contribution in [3.8, 4) is 21.1 Å². The highest BCUT2D eigenvalue weighted by Gasteiger charge is 2.14. The molecule has 0 atom stereocenters. The van der Waals surface area contributed by atoms with E-state index in [9.17, 15) is 13.2 Å². The van der Waals surface area contributed by atoms with E-state index in [0.717, 1.165) is 27.3 Å². The smallest absolute Gasteiger partial charge is 0.266 e. The summed E-state index contributed by atoms with van der Waals surface area (Å²) in [6.45, 7) is 1.95. The van der Waals surface area contributed by atoms with Crippen LogP contribution in [-0.4, -0.2) is 35.5 Å². The molecule has 0 fully saturated rings. The number of thiazole rings is 1. The Hall–Kier alpha value is -2.65. The Kier molecular flexibility index (Phi) is 4.60. The average molecular weight is 374 g/mol. The molecule has 3 aromatic heterocycles. The van der Waals surface area contributed by atoms with Gasteiger partial charge >= 0.3 is 0 Å². The first-order valence-electron chi connectivity index (χ1n) is 7.19. The fourth-order valence-corrected chi connectivity index (χ4v) is 3.43. The van der Waals surface area contributed by atoms with Gasteiger partial charge in [-0.3, -0.25) is 9.78 Å². The lowest BCUT2D eigenvalue weighted by atomic mass is 10.2. The van der Waals surface area contributed by atoms with Crippen LogP contribution in [0.4, 0.5) is 0 Å². The van der Waals surface area contributed by atoms with Crippen molar-refractivity contribution >= 4 is 27.3 Å². The number of aromatic nitrogens is 3. The number of sulfonamides is 1. The van der Waals surface area contributed by atoms with Gasteiger partial charge in [0, 0.05) is 24.2 Å². The molecule has 0 radical (unpaired) electrons. The third kappa shape index (κ3) is 4.25. The zero-order valence-corrected chi connectivity index (χ0v) is 15.1. The van der Waals surface area contributed by atoms with Crippen LogP contribution in [0.5, 0.6) is 0 Å². The number of aryl methyl sites for hydroxylation is 1. The molecule has 25 heavy (non-hydrogen) atoms. The standard InChI is InChI=1S/C16H14N4O3S2/c1-10-6-11(8-17-7-10)16-18-9-14(24-16)12-4-3-5-13(19-12)15(21)20-25(2,22)23/h3-9H,1-2H3,(H,20,21). The highest BCUT2D eigenvalue weighted by Crippen LogP contribution is 2.31. The first kappa shape index (κ1) is 17.2. The van der Waals surface area contributed by atoms with Crippen LogP contribution in [0.3, 0.4) is 0 Å². The first-order chi connectivity index (χ1) is 11.8. The zero-order valence-electron chi connectivity index (χ0n) is 13.4. The number of carbonyl (C=O) groups excluding carboxylic acids is 1. The van der Waals surface area contributed by atoms with Crippen molar-refractivity contribution in [2.24, 2.45) is 0 Å². The largest absolute Gasteiger partial charge is 0.283 e. The highest BCUT2D eigenvalue weighted by atomic mass is 32.2. The summed E-state index contributed by atoms with van der Waals surface area (Å²) in [5, 5.41) is 0.791. The van der Waals surface area contributed by atoms with E-state index >= 15 is 0 Å². The van der Waals surface area contributed by atoms with Gasteiger partial charge in [0.1, 0.15) is 10.7 Å². The lowest BCUT2D eigenvalue weighted by molar-refractivity contribution is 0.0977. The van der Waals surface area contributed by atoms with Crippen LogP contribution in [-0.2, 0) is 10.0 Å². The van der Waals surface area contributed by atoms with Crippen LogP contribution in [0.25, 0.3) is 21.1 Å². The molecular formula is C16H14N4O3S2. The number of nitrogens with zero attached hydrogens (tertiary/aromatic N) is 3. The van der Waals surface area contributed by atoms with E-state index in [0.29, 0.717) is 5.69 Å². The summed E-state index contributed by atoms with van der Waals surface area (Å²) in [6.07, 6.45) is 6.09. The number of hydrogen-bond donors (Lipinski definition) is 1. The normalized spacial score (nSPS) is 11.3. The van der Waals surface area contributed by atoms with Crippen LogP contribution in [0, 0.1) is 6.92 Å². The second-order valence-corrected chi connectivity index (χ2v) is 8.17. The molecule has 0 aliphatic rings. The topological polar surface area (TPSA) is 102 Å². The van der Waals surface area contributed by atoms with Gasteiger partial charge in [0.2, 0.25) is 10.0 Å². The number of rotatable bonds is 4. The van der Waals surface area contributed by atoms with Gasteiger partial charge in [0.25, 0.3) is 5.91 Å². The van der Waals surface area contributed by atoms with Crippen molar-refractivity contribution in [2.75, 3.05) is 6.26 Å². The molecule has 0 bridgehead atoms. The van der Waals surface area contributed by atoms with E-state index < -0.39 is 15.9 Å². The maximum atomic E-state index is 11.9. The molecule has 7 nitrogen and oxygen atoms in total. The van der Waals surface area contributed by atoms with Crippen molar-refractivity contribution in [3.05, 3.63) is 54.1 Å². The Balaban J connectivity index is 1.91. The summed E-state index contributed by atoms with van der Waals surface area (Å²) >= 11 is 1.42. The molecule has 1 amide bonds. The number of amides is 1. The average Bonchev–Trinajstić information content (AvgIpc) is 3.03. The fraction of sp³-hybridized carbons (Fsp3) is 0.125. The first-order valence-corrected chi connectivity index (χ1v) is 9.90. The molecule has 0 aliphatic heterocycles. The van der Waals surface area contributed by atoms with Crippen LogP contribution in [0.15, 0.2) is 42.9 Å². The van der Waals surface area contributed by atoms with E-state index in [1.807, 2.05) is 17.7 Å². The number of hydrogen-bond acceptors (Lipinski definition) is 7. The maximum Gasteiger partial charge on any atom is 0.283 e. The van der Waals surface area contributed by atoms with Crippen LogP contribution >= 0.6 is 11.3 Å². The molecule has 1 N–H and O–H groups in total. The van der Waals surface area contributed by atoms with Gasteiger partial charge in [0.05, 0.1) is 16.8 Å². The second kappa shape index (κ2) is 6.69. The quantitative estimate of drug-likeness (QED) is 0.751. The highest BCUT2D eigenvalue weighted by molar-refractivity contribution is 7.89. The summed E-state index contributed by atoms with van der Waals surface area (Å²) in [6, 6.07) is 6.83. The molecule has 3 heterocycles. The summed E-state index contributed by atoms with van der Waals surface area (Å²) < 4.78 is 24.3. The minimum atomic E-state index is -3.64. The van der Waals surface area contributed by atoms with E-state index in [1.54, 1.807) is 30.7 Å². The lowest BCUT2D eigenvalue weighted by Gasteiger charge is -2.03. The van der Waals surface area contributed by atoms with E-state index in [4.69, 9.17) is 0 Å². The number of pyridine rings is 2.